The Balaban J connectivity index is 1.63. The molecule has 6 aromatic rings. The van der Waals surface area contributed by atoms with Gasteiger partial charge in [0.1, 0.15) is 0 Å². The summed E-state index contributed by atoms with van der Waals surface area (Å²) in [6.45, 7) is 0. The Hall–Kier alpha value is -3.45. The molecule has 0 aliphatic carbocycles. The summed E-state index contributed by atoms with van der Waals surface area (Å²) in [5.41, 5.74) is 5.25. The maximum Gasteiger partial charge on any atom is 0.0480 e. The van der Waals surface area contributed by atoms with Crippen molar-refractivity contribution in [2.75, 3.05) is 0 Å². The van der Waals surface area contributed by atoms with Crippen LogP contribution in [0.4, 0.5) is 0 Å². The number of nitrogens with zero attached hydrogens (tertiary/aromatic N) is 1. The molecule has 37 heavy (non-hydrogen) atoms. The molecule has 1 unspecified atom stereocenters. The first kappa shape index (κ1) is 23.9. The van der Waals surface area contributed by atoms with Crippen LogP contribution in [0.15, 0.2) is 144 Å². The first-order valence-corrected chi connectivity index (χ1v) is 14.6. The van der Waals surface area contributed by atoms with Crippen LogP contribution in [0, 0.1) is 0 Å². The lowest BCUT2D eigenvalue weighted by Gasteiger charge is -2.27. The second kappa shape index (κ2) is 10.5. The van der Waals surface area contributed by atoms with Gasteiger partial charge in [-0.2, -0.15) is 0 Å². The lowest BCUT2D eigenvalue weighted by Crippen LogP contribution is -2.25. The highest BCUT2D eigenvalue weighted by atomic mass is 79.9. The van der Waals surface area contributed by atoms with E-state index in [9.17, 15) is 0 Å². The van der Waals surface area contributed by atoms with Crippen LogP contribution < -0.4 is 15.9 Å². The van der Waals surface area contributed by atoms with E-state index in [0.717, 1.165) is 4.47 Å². The minimum atomic E-state index is -0.739. The number of fused-ring (bicyclic) bond motifs is 1. The summed E-state index contributed by atoms with van der Waals surface area (Å²) < 4.78 is 3.35. The minimum Gasteiger partial charge on any atom is -0.350 e. The van der Waals surface area contributed by atoms with Gasteiger partial charge in [-0.25, -0.2) is 0 Å². The van der Waals surface area contributed by atoms with Gasteiger partial charge in [0, 0.05) is 34.5 Å². The van der Waals surface area contributed by atoms with E-state index in [1.165, 1.54) is 43.5 Å². The van der Waals surface area contributed by atoms with E-state index in [0.29, 0.717) is 0 Å². The fraction of sp³-hybridized carbons (Fsp3) is 0.0588. The molecule has 1 atom stereocenters. The monoisotopic (exact) mass is 559 g/mol. The molecule has 1 aromatic heterocycles. The zero-order valence-corrected chi connectivity index (χ0v) is 23.1. The first-order chi connectivity index (χ1) is 18.2. The molecule has 6 rings (SSSR count). The molecule has 3 heteroatoms. The zero-order chi connectivity index (χ0) is 25.2. The molecule has 0 aliphatic heterocycles. The van der Waals surface area contributed by atoms with Crippen molar-refractivity contribution < 1.29 is 0 Å². The number of hydrogen-bond donors (Lipinski definition) is 0. The van der Waals surface area contributed by atoms with Gasteiger partial charge in [-0.05, 0) is 58.7 Å². The summed E-state index contributed by atoms with van der Waals surface area (Å²) in [5, 5.41) is 5.43. The lowest BCUT2D eigenvalue weighted by molar-refractivity contribution is 0.930. The molecular formula is C34H27BrNP. The Morgan fingerprint density at radius 2 is 1.16 bits per heavy atom. The van der Waals surface area contributed by atoms with Gasteiger partial charge in [0.05, 0.1) is 0 Å². The maximum atomic E-state index is 3.65. The Labute approximate surface area is 228 Å². The molecule has 0 saturated heterocycles. The molecule has 0 amide bonds. The van der Waals surface area contributed by atoms with E-state index in [4.69, 9.17) is 0 Å². The van der Waals surface area contributed by atoms with Gasteiger partial charge in [-0.1, -0.05) is 131 Å². The van der Waals surface area contributed by atoms with Gasteiger partial charge >= 0.3 is 0 Å². The molecule has 0 spiro atoms. The minimum absolute atomic E-state index is 0.104. The molecule has 180 valence electrons. The Kier molecular flexibility index (Phi) is 6.79. The molecular weight excluding hydrogens is 533 g/mol. The largest absolute Gasteiger partial charge is 0.350 e. The standard InChI is InChI=1S/C34H27BrNP/c1-36-24-31(29-16-8-10-18-32(29)36)34(25-20-22-26(35)23-21-25)30-17-9-11-19-33(30)37(27-12-4-2-5-13-27)28-14-6-3-7-15-28/h2-24,34H,1H3. The van der Waals surface area contributed by atoms with Crippen LogP contribution in [-0.4, -0.2) is 4.57 Å². The summed E-state index contributed by atoms with van der Waals surface area (Å²) in [6, 6.07) is 48.6. The highest BCUT2D eigenvalue weighted by Crippen LogP contribution is 2.42. The Morgan fingerprint density at radius 3 is 1.84 bits per heavy atom. The molecule has 0 fully saturated rings. The smallest absolute Gasteiger partial charge is 0.0480 e. The van der Waals surface area contributed by atoms with Crippen LogP contribution in [0.25, 0.3) is 10.9 Å². The van der Waals surface area contributed by atoms with Crippen LogP contribution in [-0.2, 0) is 7.05 Å². The van der Waals surface area contributed by atoms with Crippen LogP contribution in [0.3, 0.4) is 0 Å². The molecule has 1 nitrogen and oxygen atoms in total. The normalized spacial score (nSPS) is 12.2. The van der Waals surface area contributed by atoms with Crippen molar-refractivity contribution in [1.29, 1.82) is 0 Å². The Morgan fingerprint density at radius 1 is 0.595 bits per heavy atom. The van der Waals surface area contributed by atoms with E-state index in [2.05, 4.69) is 167 Å². The topological polar surface area (TPSA) is 4.93 Å². The second-order valence-corrected chi connectivity index (χ2v) is 12.4. The van der Waals surface area contributed by atoms with Crippen molar-refractivity contribution in [2.24, 2.45) is 7.05 Å². The summed E-state index contributed by atoms with van der Waals surface area (Å²) in [4.78, 5) is 0. The van der Waals surface area contributed by atoms with Gasteiger partial charge in [-0.3, -0.25) is 0 Å². The quantitative estimate of drug-likeness (QED) is 0.183. The summed E-state index contributed by atoms with van der Waals surface area (Å²) >= 11 is 3.65. The Bertz CT molecular complexity index is 1600. The van der Waals surface area contributed by atoms with Crippen molar-refractivity contribution in [1.82, 2.24) is 4.57 Å². The van der Waals surface area contributed by atoms with Gasteiger partial charge in [0.25, 0.3) is 0 Å². The third kappa shape index (κ3) is 4.68. The third-order valence-electron chi connectivity index (χ3n) is 6.96. The average molecular weight is 560 g/mol. The predicted molar refractivity (Wildman–Crippen MR) is 163 cm³/mol. The maximum absolute atomic E-state index is 3.65. The first-order valence-electron chi connectivity index (χ1n) is 12.5. The van der Waals surface area contributed by atoms with Crippen molar-refractivity contribution in [3.05, 3.63) is 161 Å². The molecule has 1 heterocycles. The number of para-hydroxylation sites is 1. The molecule has 5 aromatic carbocycles. The van der Waals surface area contributed by atoms with E-state index < -0.39 is 7.92 Å². The van der Waals surface area contributed by atoms with Crippen LogP contribution in [0.2, 0.25) is 0 Å². The lowest BCUT2D eigenvalue weighted by atomic mass is 9.85. The number of rotatable bonds is 6. The van der Waals surface area contributed by atoms with Gasteiger partial charge in [-0.15, -0.1) is 0 Å². The van der Waals surface area contributed by atoms with E-state index in [1.807, 2.05) is 0 Å². The zero-order valence-electron chi connectivity index (χ0n) is 20.6. The average Bonchev–Trinajstić information content (AvgIpc) is 3.28. The highest BCUT2D eigenvalue weighted by molar-refractivity contribution is 9.10. The molecule has 0 radical (unpaired) electrons. The fourth-order valence-electron chi connectivity index (χ4n) is 5.30. The number of aryl methyl sites for hydroxylation is 1. The highest BCUT2D eigenvalue weighted by Gasteiger charge is 2.27. The van der Waals surface area contributed by atoms with Crippen LogP contribution in [0.1, 0.15) is 22.6 Å². The predicted octanol–water partition coefficient (Wildman–Crippen LogP) is 7.88. The van der Waals surface area contributed by atoms with Gasteiger partial charge in [0.2, 0.25) is 0 Å². The van der Waals surface area contributed by atoms with Crippen LogP contribution >= 0.6 is 23.9 Å². The molecule has 0 saturated carbocycles. The number of benzene rings is 5. The third-order valence-corrected chi connectivity index (χ3v) is 10.0. The van der Waals surface area contributed by atoms with E-state index in [-0.39, 0.29) is 5.92 Å². The summed E-state index contributed by atoms with van der Waals surface area (Å²) in [7, 11) is 1.41. The van der Waals surface area contributed by atoms with Gasteiger partial charge < -0.3 is 4.57 Å². The second-order valence-electron chi connectivity index (χ2n) is 9.26. The van der Waals surface area contributed by atoms with Crippen molar-refractivity contribution in [3.8, 4) is 0 Å². The number of aromatic nitrogens is 1. The number of halogens is 1. The molecule has 0 aliphatic rings. The van der Waals surface area contributed by atoms with Crippen molar-refractivity contribution >= 4 is 50.7 Å². The number of hydrogen-bond acceptors (Lipinski definition) is 0. The van der Waals surface area contributed by atoms with Gasteiger partial charge in [0.15, 0.2) is 0 Å². The van der Waals surface area contributed by atoms with Crippen molar-refractivity contribution in [3.63, 3.8) is 0 Å². The summed E-state index contributed by atoms with van der Waals surface area (Å²) in [5.74, 6) is 0.104. The SMILES string of the molecule is Cn1cc(C(c2ccc(Br)cc2)c2ccccc2P(c2ccccc2)c2ccccc2)c2ccccc21. The van der Waals surface area contributed by atoms with E-state index >= 15 is 0 Å². The van der Waals surface area contributed by atoms with E-state index in [1.54, 1.807) is 0 Å². The fourth-order valence-corrected chi connectivity index (χ4v) is 8.06. The van der Waals surface area contributed by atoms with Crippen LogP contribution in [0.5, 0.6) is 0 Å². The van der Waals surface area contributed by atoms with Crippen molar-refractivity contribution in [2.45, 2.75) is 5.92 Å². The molecule has 0 N–H and O–H groups in total. The molecule has 0 bridgehead atoms. The summed E-state index contributed by atoms with van der Waals surface area (Å²) in [6.07, 6.45) is 2.32.